The van der Waals surface area contributed by atoms with E-state index in [2.05, 4.69) is 10.9 Å². The Labute approximate surface area is 156 Å². The lowest BCUT2D eigenvalue weighted by Crippen LogP contribution is -2.43. The van der Waals surface area contributed by atoms with Crippen LogP contribution in [0.3, 0.4) is 0 Å². The first kappa shape index (κ1) is 19.5. The van der Waals surface area contributed by atoms with Crippen molar-refractivity contribution in [1.82, 2.24) is 10.9 Å². The van der Waals surface area contributed by atoms with E-state index >= 15 is 0 Å². The average Bonchev–Trinajstić information content (AvgIpc) is 2.64. The Morgan fingerprint density at radius 1 is 1.00 bits per heavy atom. The quantitative estimate of drug-likeness (QED) is 0.462. The number of carbonyl (C=O) groups excluding carboxylic acids is 3. The van der Waals surface area contributed by atoms with Gasteiger partial charge in [0.05, 0.1) is 5.75 Å². The molecule has 7 heteroatoms. The number of nitrogens with one attached hydrogen (secondary N) is 2. The van der Waals surface area contributed by atoms with Gasteiger partial charge in [-0.1, -0.05) is 35.9 Å². The Kier molecular flexibility index (Phi) is 7.23. The van der Waals surface area contributed by atoms with Crippen LogP contribution in [0.5, 0.6) is 0 Å². The Hall–Kier alpha value is -2.80. The molecule has 0 aliphatic rings. The zero-order chi connectivity index (χ0) is 18.9. The Bertz CT molecular complexity index is 793. The number of benzene rings is 2. The molecule has 0 aromatic heterocycles. The van der Waals surface area contributed by atoms with Crippen molar-refractivity contribution in [3.63, 3.8) is 0 Å². The van der Waals surface area contributed by atoms with Gasteiger partial charge in [-0.2, -0.15) is 0 Å². The highest BCUT2D eigenvalue weighted by Gasteiger charge is 2.11. The summed E-state index contributed by atoms with van der Waals surface area (Å²) in [6, 6.07) is 14.4. The van der Waals surface area contributed by atoms with Crippen molar-refractivity contribution in [2.24, 2.45) is 0 Å². The van der Waals surface area contributed by atoms with Gasteiger partial charge in [0.15, 0.2) is 6.61 Å². The minimum absolute atomic E-state index is 0.105. The number of amides is 2. The number of ether oxygens (including phenoxy) is 1. The molecule has 0 bridgehead atoms. The van der Waals surface area contributed by atoms with Gasteiger partial charge in [-0.05, 0) is 37.6 Å². The van der Waals surface area contributed by atoms with Crippen LogP contribution in [0.15, 0.2) is 53.4 Å². The van der Waals surface area contributed by atoms with Gasteiger partial charge in [-0.15, -0.1) is 11.8 Å². The fourth-order valence-electron chi connectivity index (χ4n) is 2.11. The zero-order valence-electron chi connectivity index (χ0n) is 14.6. The molecule has 2 rings (SSSR count). The van der Waals surface area contributed by atoms with Crippen molar-refractivity contribution in [2.75, 3.05) is 12.4 Å². The summed E-state index contributed by atoms with van der Waals surface area (Å²) in [4.78, 5) is 36.1. The van der Waals surface area contributed by atoms with Crippen molar-refractivity contribution >= 4 is 29.5 Å². The van der Waals surface area contributed by atoms with Gasteiger partial charge in [0, 0.05) is 10.5 Å². The minimum Gasteiger partial charge on any atom is -0.455 e. The first-order valence-electron chi connectivity index (χ1n) is 7.95. The molecule has 2 N–H and O–H groups in total. The summed E-state index contributed by atoms with van der Waals surface area (Å²) in [5, 5.41) is 0. The van der Waals surface area contributed by atoms with Gasteiger partial charge >= 0.3 is 5.97 Å². The zero-order valence-corrected chi connectivity index (χ0v) is 15.4. The topological polar surface area (TPSA) is 84.5 Å². The Morgan fingerprint density at radius 2 is 1.73 bits per heavy atom. The number of hydrogen-bond acceptors (Lipinski definition) is 5. The van der Waals surface area contributed by atoms with Crippen LogP contribution < -0.4 is 10.9 Å². The van der Waals surface area contributed by atoms with Crippen molar-refractivity contribution < 1.29 is 19.1 Å². The average molecular weight is 372 g/mol. The van der Waals surface area contributed by atoms with Crippen molar-refractivity contribution in [3.8, 4) is 0 Å². The molecule has 0 saturated carbocycles. The largest absolute Gasteiger partial charge is 0.455 e. The van der Waals surface area contributed by atoms with Crippen molar-refractivity contribution in [1.29, 1.82) is 0 Å². The molecule has 0 aliphatic carbocycles. The maximum absolute atomic E-state index is 11.8. The highest BCUT2D eigenvalue weighted by atomic mass is 32.2. The molecule has 0 radical (unpaired) electrons. The summed E-state index contributed by atoms with van der Waals surface area (Å²) in [6.45, 7) is 3.52. The van der Waals surface area contributed by atoms with E-state index in [1.165, 1.54) is 11.8 Å². The second-order valence-electron chi connectivity index (χ2n) is 5.59. The Morgan fingerprint density at radius 3 is 2.42 bits per heavy atom. The third-order valence-electron chi connectivity index (χ3n) is 3.39. The SMILES string of the molecule is Cc1ccc(SCC(=O)OCC(=O)NNC(=O)c2ccccc2)c(C)c1. The second kappa shape index (κ2) is 9.62. The number of carbonyl (C=O) groups is 3. The molecule has 136 valence electrons. The van der Waals surface area contributed by atoms with E-state index in [9.17, 15) is 14.4 Å². The smallest absolute Gasteiger partial charge is 0.316 e. The van der Waals surface area contributed by atoms with Crippen molar-refractivity contribution in [3.05, 3.63) is 65.2 Å². The van der Waals surface area contributed by atoms with Crippen molar-refractivity contribution in [2.45, 2.75) is 18.7 Å². The fraction of sp³-hybridized carbons (Fsp3) is 0.211. The number of hydrazine groups is 1. The number of esters is 1. The lowest BCUT2D eigenvalue weighted by molar-refractivity contribution is -0.146. The van der Waals surface area contributed by atoms with Gasteiger partial charge in [0.2, 0.25) is 0 Å². The number of rotatable bonds is 6. The molecular formula is C19H20N2O4S. The summed E-state index contributed by atoms with van der Waals surface area (Å²) < 4.78 is 4.90. The molecule has 0 unspecified atom stereocenters. The predicted molar refractivity (Wildman–Crippen MR) is 99.6 cm³/mol. The molecule has 0 spiro atoms. The first-order chi connectivity index (χ1) is 12.5. The van der Waals surface area contributed by atoms with Gasteiger partial charge in [-0.25, -0.2) is 0 Å². The van der Waals surface area contributed by atoms with E-state index < -0.39 is 24.4 Å². The van der Waals surface area contributed by atoms with Crippen LogP contribution in [0.4, 0.5) is 0 Å². The normalized spacial score (nSPS) is 10.1. The molecule has 2 aromatic rings. The van der Waals surface area contributed by atoms with Crippen LogP contribution in [0.25, 0.3) is 0 Å². The van der Waals surface area contributed by atoms with E-state index in [-0.39, 0.29) is 5.75 Å². The lowest BCUT2D eigenvalue weighted by Gasteiger charge is -2.09. The second-order valence-corrected chi connectivity index (χ2v) is 6.60. The van der Waals surface area contributed by atoms with E-state index in [1.54, 1.807) is 30.3 Å². The van der Waals surface area contributed by atoms with Gasteiger partial charge in [0.25, 0.3) is 11.8 Å². The molecular weight excluding hydrogens is 352 g/mol. The predicted octanol–water partition coefficient (Wildman–Crippen LogP) is 2.40. The lowest BCUT2D eigenvalue weighted by atomic mass is 10.2. The summed E-state index contributed by atoms with van der Waals surface area (Å²) >= 11 is 1.36. The molecule has 0 aliphatic heterocycles. The maximum Gasteiger partial charge on any atom is 0.316 e. The summed E-state index contributed by atoms with van der Waals surface area (Å²) in [5.41, 5.74) is 7.12. The number of thioether (sulfide) groups is 1. The molecule has 0 fully saturated rings. The van der Waals surface area contributed by atoms with Crippen LogP contribution in [0.2, 0.25) is 0 Å². The summed E-state index contributed by atoms with van der Waals surface area (Å²) in [7, 11) is 0. The highest BCUT2D eigenvalue weighted by Crippen LogP contribution is 2.23. The minimum atomic E-state index is -0.612. The van der Waals surface area contributed by atoms with Crippen LogP contribution in [0.1, 0.15) is 21.5 Å². The van der Waals surface area contributed by atoms with Crippen LogP contribution >= 0.6 is 11.8 Å². The maximum atomic E-state index is 11.8. The standard InChI is InChI=1S/C19H20N2O4S/c1-13-8-9-16(14(2)10-13)26-12-18(23)25-11-17(22)20-21-19(24)15-6-4-3-5-7-15/h3-10H,11-12H2,1-2H3,(H,20,22)(H,21,24). The fourth-order valence-corrected chi connectivity index (χ4v) is 2.92. The van der Waals surface area contributed by atoms with Gasteiger partial charge in [-0.3, -0.25) is 25.2 Å². The third-order valence-corrected chi connectivity index (χ3v) is 4.54. The molecule has 2 aromatic carbocycles. The molecule has 0 saturated heterocycles. The van der Waals surface area contributed by atoms with E-state index in [1.807, 2.05) is 32.0 Å². The third kappa shape index (κ3) is 6.25. The first-order valence-corrected chi connectivity index (χ1v) is 8.94. The number of aryl methyl sites for hydroxylation is 2. The van der Waals surface area contributed by atoms with Gasteiger partial charge in [0.1, 0.15) is 0 Å². The van der Waals surface area contributed by atoms with E-state index in [4.69, 9.17) is 4.74 Å². The van der Waals surface area contributed by atoms with Crippen LogP contribution in [-0.4, -0.2) is 30.1 Å². The van der Waals surface area contributed by atoms with E-state index in [0.717, 1.165) is 16.0 Å². The van der Waals surface area contributed by atoms with Gasteiger partial charge < -0.3 is 4.74 Å². The molecule has 0 atom stereocenters. The Balaban J connectivity index is 1.68. The van der Waals surface area contributed by atoms with Crippen LogP contribution in [0, 0.1) is 13.8 Å². The van der Waals surface area contributed by atoms with Crippen LogP contribution in [-0.2, 0) is 14.3 Å². The molecule has 6 nitrogen and oxygen atoms in total. The van der Waals surface area contributed by atoms with E-state index in [0.29, 0.717) is 5.56 Å². The summed E-state index contributed by atoms with van der Waals surface area (Å²) in [5.74, 6) is -1.46. The highest BCUT2D eigenvalue weighted by molar-refractivity contribution is 8.00. The molecule has 26 heavy (non-hydrogen) atoms. The molecule has 2 amide bonds. The number of hydrogen-bond donors (Lipinski definition) is 2. The monoisotopic (exact) mass is 372 g/mol. The molecule has 0 heterocycles. The summed E-state index contributed by atoms with van der Waals surface area (Å²) in [6.07, 6.45) is 0.